The highest BCUT2D eigenvalue weighted by Crippen LogP contribution is 2.32. The van der Waals surface area contributed by atoms with Gasteiger partial charge in [-0.1, -0.05) is 17.7 Å². The van der Waals surface area contributed by atoms with Crippen molar-refractivity contribution in [2.75, 3.05) is 13.7 Å². The molecule has 0 aromatic heterocycles. The summed E-state index contributed by atoms with van der Waals surface area (Å²) in [5, 5.41) is 0.622. The Labute approximate surface area is 151 Å². The molecule has 1 heterocycles. The molecule has 3 rings (SSSR count). The quantitative estimate of drug-likeness (QED) is 0.810. The van der Waals surface area contributed by atoms with Crippen molar-refractivity contribution in [1.82, 2.24) is 4.90 Å². The normalized spacial score (nSPS) is 15.4. The average molecular weight is 364 g/mol. The SMILES string of the molecule is CCN(Cc1ccc(OC)c(F)c1)C(=O)[C@@H]1Cc2cc(Cl)ccc2O1. The Bertz CT molecular complexity index is 796. The first kappa shape index (κ1) is 17.5. The molecule has 1 aliphatic rings. The van der Waals surface area contributed by atoms with Gasteiger partial charge in [0.1, 0.15) is 5.75 Å². The Morgan fingerprint density at radius 3 is 2.84 bits per heavy atom. The lowest BCUT2D eigenvalue weighted by atomic mass is 10.1. The second-order valence-corrected chi connectivity index (χ2v) is 6.32. The predicted octanol–water partition coefficient (Wildman–Crippen LogP) is 3.84. The molecular formula is C19H19ClFNO3. The van der Waals surface area contributed by atoms with Gasteiger partial charge in [-0.15, -0.1) is 0 Å². The number of nitrogens with zero attached hydrogens (tertiary/aromatic N) is 1. The minimum absolute atomic E-state index is 0.119. The molecule has 1 atom stereocenters. The van der Waals surface area contributed by atoms with Crippen molar-refractivity contribution in [3.8, 4) is 11.5 Å². The average Bonchev–Trinajstić information content (AvgIpc) is 3.02. The summed E-state index contributed by atoms with van der Waals surface area (Å²) in [7, 11) is 1.42. The molecule has 1 amide bonds. The van der Waals surface area contributed by atoms with Crippen LogP contribution < -0.4 is 9.47 Å². The third-order valence-electron chi connectivity index (χ3n) is 4.26. The summed E-state index contributed by atoms with van der Waals surface area (Å²) in [5.41, 5.74) is 1.63. The number of rotatable bonds is 5. The number of hydrogen-bond donors (Lipinski definition) is 0. The summed E-state index contributed by atoms with van der Waals surface area (Å²) in [4.78, 5) is 14.4. The van der Waals surface area contributed by atoms with Crippen LogP contribution in [0.3, 0.4) is 0 Å². The van der Waals surface area contributed by atoms with Crippen LogP contribution in [0.4, 0.5) is 4.39 Å². The number of carbonyl (C=O) groups excluding carboxylic acids is 1. The molecule has 0 unspecified atom stereocenters. The van der Waals surface area contributed by atoms with Gasteiger partial charge in [-0.05, 0) is 48.4 Å². The van der Waals surface area contributed by atoms with Crippen molar-refractivity contribution in [3.05, 3.63) is 58.4 Å². The highest BCUT2D eigenvalue weighted by atomic mass is 35.5. The number of benzene rings is 2. The molecule has 0 saturated carbocycles. The Hall–Kier alpha value is -2.27. The molecule has 0 N–H and O–H groups in total. The molecule has 2 aromatic carbocycles. The van der Waals surface area contributed by atoms with Crippen LogP contribution in [0.1, 0.15) is 18.1 Å². The van der Waals surface area contributed by atoms with Gasteiger partial charge in [0.25, 0.3) is 5.91 Å². The van der Waals surface area contributed by atoms with Gasteiger partial charge >= 0.3 is 0 Å². The Balaban J connectivity index is 1.71. The molecule has 0 spiro atoms. The second-order valence-electron chi connectivity index (χ2n) is 5.88. The number of ether oxygens (including phenoxy) is 2. The zero-order valence-corrected chi connectivity index (χ0v) is 14.8. The zero-order chi connectivity index (χ0) is 18.0. The molecule has 0 saturated heterocycles. The van der Waals surface area contributed by atoms with E-state index < -0.39 is 11.9 Å². The van der Waals surface area contributed by atoms with E-state index >= 15 is 0 Å². The van der Waals surface area contributed by atoms with Crippen molar-refractivity contribution in [2.24, 2.45) is 0 Å². The molecule has 0 radical (unpaired) electrons. The minimum Gasteiger partial charge on any atom is -0.494 e. The highest BCUT2D eigenvalue weighted by Gasteiger charge is 2.32. The van der Waals surface area contributed by atoms with Gasteiger partial charge in [-0.2, -0.15) is 0 Å². The zero-order valence-electron chi connectivity index (χ0n) is 14.1. The Kier molecular flexibility index (Phi) is 5.13. The van der Waals surface area contributed by atoms with Gasteiger partial charge in [0.05, 0.1) is 7.11 Å². The van der Waals surface area contributed by atoms with E-state index in [0.717, 1.165) is 5.56 Å². The summed E-state index contributed by atoms with van der Waals surface area (Å²) in [6.45, 7) is 2.70. The van der Waals surface area contributed by atoms with Crippen LogP contribution in [0, 0.1) is 5.82 Å². The van der Waals surface area contributed by atoms with E-state index in [4.69, 9.17) is 21.1 Å². The molecule has 6 heteroatoms. The van der Waals surface area contributed by atoms with Crippen molar-refractivity contribution in [3.63, 3.8) is 0 Å². The summed E-state index contributed by atoms with van der Waals surface area (Å²) < 4.78 is 24.5. The largest absolute Gasteiger partial charge is 0.494 e. The molecule has 132 valence electrons. The van der Waals surface area contributed by atoms with Gasteiger partial charge in [0.2, 0.25) is 0 Å². The predicted molar refractivity (Wildman–Crippen MR) is 93.6 cm³/mol. The first-order valence-electron chi connectivity index (χ1n) is 8.08. The van der Waals surface area contributed by atoms with E-state index in [0.29, 0.717) is 35.8 Å². The Morgan fingerprint density at radius 2 is 2.16 bits per heavy atom. The van der Waals surface area contributed by atoms with E-state index in [1.165, 1.54) is 13.2 Å². The smallest absolute Gasteiger partial charge is 0.264 e. The molecule has 25 heavy (non-hydrogen) atoms. The number of halogens is 2. The van der Waals surface area contributed by atoms with E-state index in [9.17, 15) is 9.18 Å². The number of fused-ring (bicyclic) bond motifs is 1. The maximum atomic E-state index is 13.9. The van der Waals surface area contributed by atoms with E-state index in [-0.39, 0.29) is 11.7 Å². The van der Waals surface area contributed by atoms with E-state index in [1.807, 2.05) is 13.0 Å². The summed E-state index contributed by atoms with van der Waals surface area (Å²) in [6, 6.07) is 10.0. The maximum Gasteiger partial charge on any atom is 0.264 e. The van der Waals surface area contributed by atoms with E-state index in [2.05, 4.69) is 0 Å². The third kappa shape index (κ3) is 3.71. The van der Waals surface area contributed by atoms with Crippen molar-refractivity contribution >= 4 is 17.5 Å². The fourth-order valence-corrected chi connectivity index (χ4v) is 3.13. The minimum atomic E-state index is -0.573. The topological polar surface area (TPSA) is 38.8 Å². The maximum absolute atomic E-state index is 13.9. The number of hydrogen-bond acceptors (Lipinski definition) is 3. The van der Waals surface area contributed by atoms with Gasteiger partial charge < -0.3 is 14.4 Å². The Morgan fingerprint density at radius 1 is 1.36 bits per heavy atom. The van der Waals surface area contributed by atoms with Crippen LogP contribution in [0.5, 0.6) is 11.5 Å². The van der Waals surface area contributed by atoms with Crippen LogP contribution >= 0.6 is 11.6 Å². The van der Waals surface area contributed by atoms with Crippen LogP contribution in [-0.2, 0) is 17.8 Å². The van der Waals surface area contributed by atoms with E-state index in [1.54, 1.807) is 29.2 Å². The van der Waals surface area contributed by atoms with Crippen molar-refractivity contribution in [1.29, 1.82) is 0 Å². The first-order valence-corrected chi connectivity index (χ1v) is 8.46. The van der Waals surface area contributed by atoms with Crippen LogP contribution in [0.2, 0.25) is 5.02 Å². The molecule has 4 nitrogen and oxygen atoms in total. The number of likely N-dealkylation sites (N-methyl/N-ethyl adjacent to an activating group) is 1. The molecule has 0 bridgehead atoms. The lowest BCUT2D eigenvalue weighted by molar-refractivity contribution is -0.138. The highest BCUT2D eigenvalue weighted by molar-refractivity contribution is 6.30. The fourth-order valence-electron chi connectivity index (χ4n) is 2.93. The standard InChI is InChI=1S/C19H19ClFNO3/c1-3-22(11-12-4-6-17(24-2)15(21)8-12)19(23)18-10-13-9-14(20)5-7-16(13)25-18/h4-9,18H,3,10-11H2,1-2H3/t18-/m0/s1. The lowest BCUT2D eigenvalue weighted by Crippen LogP contribution is -2.40. The van der Waals surface area contributed by atoms with Gasteiger partial charge in [0, 0.05) is 24.5 Å². The molecule has 0 fully saturated rings. The van der Waals surface area contributed by atoms with Crippen molar-refractivity contribution in [2.45, 2.75) is 26.0 Å². The molecular weight excluding hydrogens is 345 g/mol. The first-order chi connectivity index (χ1) is 12.0. The number of amides is 1. The second kappa shape index (κ2) is 7.31. The summed E-state index contributed by atoms with van der Waals surface area (Å²) >= 11 is 5.99. The fraction of sp³-hybridized carbons (Fsp3) is 0.316. The summed E-state index contributed by atoms with van der Waals surface area (Å²) in [6.07, 6.45) is -0.0844. The summed E-state index contributed by atoms with van der Waals surface area (Å²) in [5.74, 6) is 0.313. The van der Waals surface area contributed by atoms with Gasteiger partial charge in [0.15, 0.2) is 17.7 Å². The molecule has 1 aliphatic heterocycles. The van der Waals surface area contributed by atoms with Crippen LogP contribution in [-0.4, -0.2) is 30.6 Å². The van der Waals surface area contributed by atoms with Crippen LogP contribution in [0.15, 0.2) is 36.4 Å². The number of methoxy groups -OCH3 is 1. The lowest BCUT2D eigenvalue weighted by Gasteiger charge is -2.24. The number of carbonyl (C=O) groups is 1. The third-order valence-corrected chi connectivity index (χ3v) is 4.49. The monoisotopic (exact) mass is 363 g/mol. The molecule has 2 aromatic rings. The van der Waals surface area contributed by atoms with Crippen molar-refractivity contribution < 1.29 is 18.7 Å². The van der Waals surface area contributed by atoms with Crippen LogP contribution in [0.25, 0.3) is 0 Å². The van der Waals surface area contributed by atoms with Gasteiger partial charge in [-0.25, -0.2) is 4.39 Å². The van der Waals surface area contributed by atoms with Gasteiger partial charge in [-0.3, -0.25) is 4.79 Å². The molecule has 0 aliphatic carbocycles.